The number of nitrogens with one attached hydrogen (secondary N) is 1. The van der Waals surface area contributed by atoms with Gasteiger partial charge in [0.05, 0.1) is 5.69 Å². The van der Waals surface area contributed by atoms with Gasteiger partial charge in [0.1, 0.15) is 0 Å². The first kappa shape index (κ1) is 12.6. The molecule has 1 atom stereocenters. The van der Waals surface area contributed by atoms with Gasteiger partial charge in [-0.25, -0.2) is 0 Å². The summed E-state index contributed by atoms with van der Waals surface area (Å²) in [6, 6.07) is 2.25. The van der Waals surface area contributed by atoms with Crippen LogP contribution in [0.25, 0.3) is 0 Å². The van der Waals surface area contributed by atoms with Crippen LogP contribution >= 0.6 is 0 Å². The average Bonchev–Trinajstić information content (AvgIpc) is 2.87. The maximum atomic E-state index is 4.55. The van der Waals surface area contributed by atoms with E-state index in [1.54, 1.807) is 0 Å². The lowest BCUT2D eigenvalue weighted by Gasteiger charge is -2.29. The van der Waals surface area contributed by atoms with E-state index in [9.17, 15) is 0 Å². The summed E-state index contributed by atoms with van der Waals surface area (Å²) >= 11 is 0. The topological polar surface area (TPSA) is 29.9 Å². The van der Waals surface area contributed by atoms with Gasteiger partial charge in [-0.2, -0.15) is 5.10 Å². The summed E-state index contributed by atoms with van der Waals surface area (Å²) in [4.78, 5) is 0. The first-order valence-corrected chi connectivity index (χ1v) is 6.97. The minimum absolute atomic E-state index is 0.341. The van der Waals surface area contributed by atoms with Crippen molar-refractivity contribution in [3.8, 4) is 0 Å². The number of hydrogen-bond donors (Lipinski definition) is 1. The Morgan fingerprint density at radius 3 is 2.88 bits per heavy atom. The van der Waals surface area contributed by atoms with Crippen LogP contribution in [0.3, 0.4) is 0 Å². The fourth-order valence-electron chi connectivity index (χ4n) is 3.16. The van der Waals surface area contributed by atoms with Crippen molar-refractivity contribution in [3.63, 3.8) is 0 Å². The lowest BCUT2D eigenvalue weighted by atomic mass is 9.87. The zero-order valence-electron chi connectivity index (χ0n) is 11.4. The second-order valence-corrected chi connectivity index (χ2v) is 5.33. The predicted molar refractivity (Wildman–Crippen MR) is 71.2 cm³/mol. The summed E-state index contributed by atoms with van der Waals surface area (Å²) in [5.74, 6) is 0. The van der Waals surface area contributed by atoms with Gasteiger partial charge in [0.2, 0.25) is 0 Å². The highest BCUT2D eigenvalue weighted by molar-refractivity contribution is 5.14. The summed E-state index contributed by atoms with van der Waals surface area (Å²) in [5.41, 5.74) is 2.88. The highest BCUT2D eigenvalue weighted by Gasteiger charge is 2.33. The molecule has 3 heteroatoms. The molecule has 1 unspecified atom stereocenters. The molecule has 0 spiro atoms. The Balaban J connectivity index is 2.16. The summed E-state index contributed by atoms with van der Waals surface area (Å²) in [5, 5.41) is 8.29. The van der Waals surface area contributed by atoms with Crippen molar-refractivity contribution in [2.45, 2.75) is 65.0 Å². The Morgan fingerprint density at radius 1 is 1.47 bits per heavy atom. The van der Waals surface area contributed by atoms with Gasteiger partial charge in [-0.05, 0) is 45.7 Å². The SMILES string of the molecule is CCCC1(Cc2cc(C)nn2CC)CCCN1. The molecule has 2 rings (SSSR count). The van der Waals surface area contributed by atoms with Gasteiger partial charge in [0.25, 0.3) is 0 Å². The van der Waals surface area contributed by atoms with Crippen LogP contribution in [0.15, 0.2) is 6.07 Å². The van der Waals surface area contributed by atoms with Crippen molar-refractivity contribution in [1.82, 2.24) is 15.1 Å². The van der Waals surface area contributed by atoms with Crippen molar-refractivity contribution >= 4 is 0 Å². The molecule has 1 fully saturated rings. The third-order valence-corrected chi connectivity index (χ3v) is 3.87. The van der Waals surface area contributed by atoms with E-state index in [1.807, 2.05) is 0 Å². The van der Waals surface area contributed by atoms with Crippen molar-refractivity contribution in [1.29, 1.82) is 0 Å². The van der Waals surface area contributed by atoms with Gasteiger partial charge in [-0.1, -0.05) is 13.3 Å². The molecule has 1 aliphatic rings. The molecular weight excluding hydrogens is 210 g/mol. The molecule has 3 nitrogen and oxygen atoms in total. The second kappa shape index (κ2) is 5.21. The minimum atomic E-state index is 0.341. The maximum Gasteiger partial charge on any atom is 0.0596 e. The van der Waals surface area contributed by atoms with E-state index < -0.39 is 0 Å². The van der Waals surface area contributed by atoms with Crippen molar-refractivity contribution in [3.05, 3.63) is 17.5 Å². The van der Waals surface area contributed by atoms with E-state index in [0.717, 1.165) is 18.7 Å². The Labute approximate surface area is 105 Å². The van der Waals surface area contributed by atoms with Crippen LogP contribution in [0, 0.1) is 6.92 Å². The average molecular weight is 235 g/mol. The number of aromatic nitrogens is 2. The maximum absolute atomic E-state index is 4.55. The van der Waals surface area contributed by atoms with E-state index in [-0.39, 0.29) is 0 Å². The third-order valence-electron chi connectivity index (χ3n) is 3.87. The Morgan fingerprint density at radius 2 is 2.29 bits per heavy atom. The second-order valence-electron chi connectivity index (χ2n) is 5.33. The third kappa shape index (κ3) is 2.71. The normalized spacial score (nSPS) is 24.4. The number of rotatable bonds is 5. The van der Waals surface area contributed by atoms with E-state index >= 15 is 0 Å². The van der Waals surface area contributed by atoms with Gasteiger partial charge >= 0.3 is 0 Å². The summed E-state index contributed by atoms with van der Waals surface area (Å²) in [7, 11) is 0. The molecule has 96 valence electrons. The molecule has 17 heavy (non-hydrogen) atoms. The molecule has 0 bridgehead atoms. The molecule has 1 aliphatic heterocycles. The lowest BCUT2D eigenvalue weighted by Crippen LogP contribution is -2.42. The number of hydrogen-bond acceptors (Lipinski definition) is 2. The van der Waals surface area contributed by atoms with Gasteiger partial charge in [-0.3, -0.25) is 4.68 Å². The van der Waals surface area contributed by atoms with Crippen LogP contribution in [0.1, 0.15) is 50.9 Å². The van der Waals surface area contributed by atoms with E-state index in [4.69, 9.17) is 0 Å². The van der Waals surface area contributed by atoms with Crippen LogP contribution in [-0.4, -0.2) is 21.9 Å². The zero-order chi connectivity index (χ0) is 12.3. The predicted octanol–water partition coefficient (Wildman–Crippen LogP) is 2.68. The summed E-state index contributed by atoms with van der Waals surface area (Å²) in [6.45, 7) is 8.70. The Bertz CT molecular complexity index is 362. The Hall–Kier alpha value is -0.830. The molecule has 0 aromatic carbocycles. The molecule has 0 aliphatic carbocycles. The van der Waals surface area contributed by atoms with Gasteiger partial charge in [0, 0.05) is 24.2 Å². The number of nitrogens with zero attached hydrogens (tertiary/aromatic N) is 2. The van der Waals surface area contributed by atoms with Gasteiger partial charge in [0.15, 0.2) is 0 Å². The zero-order valence-corrected chi connectivity index (χ0v) is 11.4. The molecule has 1 aromatic rings. The lowest BCUT2D eigenvalue weighted by molar-refractivity contribution is 0.332. The summed E-state index contributed by atoms with van der Waals surface area (Å²) < 4.78 is 2.16. The van der Waals surface area contributed by atoms with Gasteiger partial charge < -0.3 is 5.32 Å². The largest absolute Gasteiger partial charge is 0.311 e. The molecule has 1 saturated heterocycles. The van der Waals surface area contributed by atoms with Crippen LogP contribution in [0.4, 0.5) is 0 Å². The highest BCUT2D eigenvalue weighted by Crippen LogP contribution is 2.29. The van der Waals surface area contributed by atoms with E-state index in [2.05, 4.69) is 41.9 Å². The fraction of sp³-hybridized carbons (Fsp3) is 0.786. The van der Waals surface area contributed by atoms with E-state index in [0.29, 0.717) is 5.54 Å². The molecule has 0 amide bonds. The molecule has 1 aromatic heterocycles. The quantitative estimate of drug-likeness (QED) is 0.850. The molecule has 0 radical (unpaired) electrons. The molecule has 2 heterocycles. The molecular formula is C14H25N3. The molecule has 0 saturated carbocycles. The molecule has 1 N–H and O–H groups in total. The monoisotopic (exact) mass is 235 g/mol. The fourth-order valence-corrected chi connectivity index (χ4v) is 3.16. The summed E-state index contributed by atoms with van der Waals surface area (Å²) in [6.07, 6.45) is 6.30. The minimum Gasteiger partial charge on any atom is -0.311 e. The van der Waals surface area contributed by atoms with Crippen molar-refractivity contribution in [2.24, 2.45) is 0 Å². The van der Waals surface area contributed by atoms with Crippen molar-refractivity contribution in [2.75, 3.05) is 6.54 Å². The first-order chi connectivity index (χ1) is 8.19. The van der Waals surface area contributed by atoms with Crippen LogP contribution in [0.2, 0.25) is 0 Å². The van der Waals surface area contributed by atoms with Crippen LogP contribution in [0.5, 0.6) is 0 Å². The first-order valence-electron chi connectivity index (χ1n) is 6.97. The Kier molecular flexibility index (Phi) is 3.87. The van der Waals surface area contributed by atoms with Crippen molar-refractivity contribution < 1.29 is 0 Å². The van der Waals surface area contributed by atoms with Crippen LogP contribution in [-0.2, 0) is 13.0 Å². The van der Waals surface area contributed by atoms with Crippen LogP contribution < -0.4 is 5.32 Å². The highest BCUT2D eigenvalue weighted by atomic mass is 15.3. The van der Waals surface area contributed by atoms with E-state index in [1.165, 1.54) is 37.9 Å². The standard InChI is InChI=1S/C14H25N3/c1-4-7-14(8-6-9-15-14)11-13-10-12(3)16-17(13)5-2/h10,15H,4-9,11H2,1-3H3. The smallest absolute Gasteiger partial charge is 0.0596 e. The van der Waals surface area contributed by atoms with Gasteiger partial charge in [-0.15, -0.1) is 0 Å². The number of aryl methyl sites for hydroxylation is 2.